The topological polar surface area (TPSA) is 151 Å². The van der Waals surface area contributed by atoms with Crippen LogP contribution in [0.2, 0.25) is 0 Å². The summed E-state index contributed by atoms with van der Waals surface area (Å²) in [5.74, 6) is -0.827. The third kappa shape index (κ3) is 5.50. The van der Waals surface area contributed by atoms with Crippen molar-refractivity contribution >= 4 is 50.2 Å². The standard InChI is InChI=1S/C25H23N5O6S/c1-29(2)22(31)15-26-37(35,36)19-11-8-17(9-12-19)27-24(16-6-4-3-5-7-16)23-20-14-18(30(33)34)10-13-21(20)28-25(23)32/h3-14,26-27H,15H2,1-2H3,(H,28,32). The maximum Gasteiger partial charge on any atom is 0.270 e. The summed E-state index contributed by atoms with van der Waals surface area (Å²) < 4.78 is 27.4. The van der Waals surface area contributed by atoms with Crippen molar-refractivity contribution in [3.05, 3.63) is 94.0 Å². The highest BCUT2D eigenvalue weighted by molar-refractivity contribution is 7.89. The summed E-state index contributed by atoms with van der Waals surface area (Å²) in [7, 11) is -0.879. The van der Waals surface area contributed by atoms with Crippen molar-refractivity contribution in [2.75, 3.05) is 31.3 Å². The molecule has 0 spiro atoms. The first kappa shape index (κ1) is 25.5. The number of amides is 2. The Morgan fingerprint density at radius 1 is 1.03 bits per heavy atom. The highest BCUT2D eigenvalue weighted by atomic mass is 32.2. The van der Waals surface area contributed by atoms with Crippen molar-refractivity contribution in [3.63, 3.8) is 0 Å². The second-order valence-corrected chi connectivity index (χ2v) is 10.1. The van der Waals surface area contributed by atoms with Gasteiger partial charge in [0.1, 0.15) is 0 Å². The molecule has 3 aromatic carbocycles. The summed E-state index contributed by atoms with van der Waals surface area (Å²) in [4.78, 5) is 36.8. The molecule has 2 amide bonds. The largest absolute Gasteiger partial charge is 0.354 e. The first-order chi connectivity index (χ1) is 17.6. The number of nitro groups is 1. The number of benzene rings is 3. The van der Waals surface area contributed by atoms with Crippen LogP contribution in [0.1, 0.15) is 11.1 Å². The van der Waals surface area contributed by atoms with Crippen LogP contribution in [0.3, 0.4) is 0 Å². The van der Waals surface area contributed by atoms with Crippen molar-refractivity contribution in [1.82, 2.24) is 9.62 Å². The third-order valence-corrected chi connectivity index (χ3v) is 7.03. The summed E-state index contributed by atoms with van der Waals surface area (Å²) in [5.41, 5.74) is 2.39. The highest BCUT2D eigenvalue weighted by Gasteiger charge is 2.30. The van der Waals surface area contributed by atoms with Crippen molar-refractivity contribution in [2.45, 2.75) is 4.90 Å². The van der Waals surface area contributed by atoms with Crippen LogP contribution in [0.5, 0.6) is 0 Å². The summed E-state index contributed by atoms with van der Waals surface area (Å²) in [6.07, 6.45) is 0. The molecule has 37 heavy (non-hydrogen) atoms. The number of nitrogens with one attached hydrogen (secondary N) is 3. The number of anilines is 2. The quantitative estimate of drug-likeness (QED) is 0.234. The van der Waals surface area contributed by atoms with Gasteiger partial charge in [-0.1, -0.05) is 30.3 Å². The molecule has 0 saturated heterocycles. The minimum Gasteiger partial charge on any atom is -0.354 e. The summed E-state index contributed by atoms with van der Waals surface area (Å²) in [5, 5.41) is 17.2. The lowest BCUT2D eigenvalue weighted by Gasteiger charge is -2.15. The van der Waals surface area contributed by atoms with Crippen LogP contribution in [-0.4, -0.2) is 50.7 Å². The van der Waals surface area contributed by atoms with Crippen LogP contribution in [0.25, 0.3) is 11.3 Å². The van der Waals surface area contributed by atoms with Gasteiger partial charge in [-0.3, -0.25) is 19.7 Å². The van der Waals surface area contributed by atoms with E-state index >= 15 is 0 Å². The summed E-state index contributed by atoms with van der Waals surface area (Å²) in [6, 6.07) is 18.9. The molecule has 190 valence electrons. The molecule has 1 aliphatic rings. The summed E-state index contributed by atoms with van der Waals surface area (Å²) >= 11 is 0. The zero-order valence-corrected chi connectivity index (χ0v) is 20.7. The van der Waals surface area contributed by atoms with E-state index in [2.05, 4.69) is 15.4 Å². The van der Waals surface area contributed by atoms with Crippen molar-refractivity contribution in [1.29, 1.82) is 0 Å². The van der Waals surface area contributed by atoms with Crippen molar-refractivity contribution in [3.8, 4) is 0 Å². The lowest BCUT2D eigenvalue weighted by Crippen LogP contribution is -2.36. The number of likely N-dealkylation sites (N-methyl/N-ethyl adjacent to an activating group) is 1. The minimum absolute atomic E-state index is 0.0434. The molecule has 0 radical (unpaired) electrons. The number of hydrogen-bond donors (Lipinski definition) is 3. The van der Waals surface area contributed by atoms with Crippen LogP contribution in [0.15, 0.2) is 77.7 Å². The molecule has 0 unspecified atom stereocenters. The van der Waals surface area contributed by atoms with Crippen LogP contribution in [0.4, 0.5) is 17.1 Å². The molecular formula is C25H23N5O6S. The van der Waals surface area contributed by atoms with Crippen molar-refractivity contribution in [2.24, 2.45) is 0 Å². The Balaban J connectivity index is 1.71. The Hall–Kier alpha value is -4.55. The number of nitrogens with zero attached hydrogens (tertiary/aromatic N) is 2. The second kappa shape index (κ2) is 10.2. The number of carbonyl (C=O) groups excluding carboxylic acids is 2. The molecule has 12 heteroatoms. The SMILES string of the molecule is CN(C)C(=O)CNS(=O)(=O)c1ccc(NC(=C2C(=O)Nc3ccc([N+](=O)[O-])cc32)c2ccccc2)cc1. The van der Waals surface area contributed by atoms with E-state index in [4.69, 9.17) is 0 Å². The molecule has 1 heterocycles. The molecule has 4 rings (SSSR count). The van der Waals surface area contributed by atoms with Crippen LogP contribution < -0.4 is 15.4 Å². The van der Waals surface area contributed by atoms with Crippen LogP contribution in [-0.2, 0) is 19.6 Å². The van der Waals surface area contributed by atoms with E-state index in [-0.39, 0.29) is 22.7 Å². The van der Waals surface area contributed by atoms with Gasteiger partial charge in [-0.2, -0.15) is 0 Å². The normalized spacial score (nSPS) is 13.9. The predicted octanol–water partition coefficient (Wildman–Crippen LogP) is 2.89. The summed E-state index contributed by atoms with van der Waals surface area (Å²) in [6.45, 7) is -0.375. The Kier molecular flexibility index (Phi) is 7.05. The molecule has 0 aliphatic carbocycles. The number of sulfonamides is 1. The van der Waals surface area contributed by atoms with Gasteiger partial charge in [0, 0.05) is 43.2 Å². The fourth-order valence-corrected chi connectivity index (χ4v) is 4.64. The van der Waals surface area contributed by atoms with Gasteiger partial charge in [0.25, 0.3) is 11.6 Å². The Bertz CT molecular complexity index is 1520. The van der Waals surface area contributed by atoms with E-state index in [1.165, 1.54) is 61.5 Å². The number of rotatable bonds is 8. The average Bonchev–Trinajstić information content (AvgIpc) is 3.21. The minimum atomic E-state index is -3.93. The molecular weight excluding hydrogens is 498 g/mol. The van der Waals surface area contributed by atoms with Crippen LogP contribution >= 0.6 is 0 Å². The van der Waals surface area contributed by atoms with E-state index in [9.17, 15) is 28.1 Å². The number of non-ortho nitro benzene ring substituents is 1. The molecule has 0 bridgehead atoms. The van der Waals surface area contributed by atoms with Crippen molar-refractivity contribution < 1.29 is 22.9 Å². The number of hydrogen-bond acceptors (Lipinski definition) is 7. The van der Waals surface area contributed by atoms with Crippen LogP contribution in [0, 0.1) is 10.1 Å². The maximum absolute atomic E-state index is 13.0. The molecule has 0 fully saturated rings. The third-order valence-electron chi connectivity index (χ3n) is 5.62. The van der Waals surface area contributed by atoms with Gasteiger partial charge in [-0.05, 0) is 35.9 Å². The van der Waals surface area contributed by atoms with E-state index in [0.29, 0.717) is 28.2 Å². The zero-order chi connectivity index (χ0) is 26.7. The number of fused-ring (bicyclic) bond motifs is 1. The fraction of sp³-hybridized carbons (Fsp3) is 0.120. The molecule has 1 aliphatic heterocycles. The fourth-order valence-electron chi connectivity index (χ4n) is 3.66. The number of carbonyl (C=O) groups is 2. The first-order valence-corrected chi connectivity index (χ1v) is 12.5. The molecule has 11 nitrogen and oxygen atoms in total. The lowest BCUT2D eigenvalue weighted by atomic mass is 9.99. The average molecular weight is 522 g/mol. The van der Waals surface area contributed by atoms with Gasteiger partial charge >= 0.3 is 0 Å². The molecule has 0 aromatic heterocycles. The van der Waals surface area contributed by atoms with Gasteiger partial charge in [0.05, 0.1) is 27.6 Å². The Morgan fingerprint density at radius 3 is 2.32 bits per heavy atom. The van der Waals surface area contributed by atoms with Gasteiger partial charge in [-0.25, -0.2) is 13.1 Å². The van der Waals surface area contributed by atoms with E-state index in [0.717, 1.165) is 0 Å². The van der Waals surface area contributed by atoms with Gasteiger partial charge < -0.3 is 15.5 Å². The monoisotopic (exact) mass is 521 g/mol. The van der Waals surface area contributed by atoms with E-state index in [1.807, 2.05) is 6.07 Å². The Morgan fingerprint density at radius 2 is 1.70 bits per heavy atom. The van der Waals surface area contributed by atoms with Gasteiger partial charge in [-0.15, -0.1) is 0 Å². The highest BCUT2D eigenvalue weighted by Crippen LogP contribution is 2.39. The van der Waals surface area contributed by atoms with E-state index in [1.54, 1.807) is 24.3 Å². The second-order valence-electron chi connectivity index (χ2n) is 8.32. The Labute approximate surface area is 213 Å². The predicted molar refractivity (Wildman–Crippen MR) is 139 cm³/mol. The molecule has 3 aromatic rings. The number of nitro benzene ring substituents is 1. The van der Waals surface area contributed by atoms with E-state index < -0.39 is 26.8 Å². The smallest absolute Gasteiger partial charge is 0.270 e. The lowest BCUT2D eigenvalue weighted by molar-refractivity contribution is -0.384. The zero-order valence-electron chi connectivity index (χ0n) is 19.9. The maximum atomic E-state index is 13.0. The molecule has 3 N–H and O–H groups in total. The molecule has 0 saturated carbocycles. The molecule has 0 atom stereocenters. The van der Waals surface area contributed by atoms with Gasteiger partial charge in [0.15, 0.2) is 0 Å². The first-order valence-electron chi connectivity index (χ1n) is 11.0. The van der Waals surface area contributed by atoms with Gasteiger partial charge in [0.2, 0.25) is 15.9 Å².